The number of hydrogen-bond donors (Lipinski definition) is 1. The molecule has 1 N–H and O–H groups in total. The number of carbonyl (C=O) groups excluding carboxylic acids is 1. The minimum atomic E-state index is -0.251. The highest BCUT2D eigenvalue weighted by molar-refractivity contribution is 6.42. The van der Waals surface area contributed by atoms with E-state index in [2.05, 4.69) is 5.32 Å². The zero-order chi connectivity index (χ0) is 18.5. The van der Waals surface area contributed by atoms with Gasteiger partial charge in [0.25, 0.3) is 5.91 Å². The summed E-state index contributed by atoms with van der Waals surface area (Å²) in [6.07, 6.45) is 0. The average molecular weight is 388 g/mol. The lowest BCUT2D eigenvalue weighted by atomic mass is 10.2. The molecule has 3 aromatic rings. The number of nitrogens with one attached hydrogen (secondary N) is 1. The van der Waals surface area contributed by atoms with Gasteiger partial charge in [-0.1, -0.05) is 23.2 Å². The SMILES string of the molecule is COc1ccc(Oc2ccc(C(=O)Nc3ccc(Cl)c(Cl)c3)cc2)cc1. The van der Waals surface area contributed by atoms with Crippen LogP contribution in [0.5, 0.6) is 17.2 Å². The number of rotatable bonds is 5. The van der Waals surface area contributed by atoms with Gasteiger partial charge in [0.05, 0.1) is 17.2 Å². The number of halogens is 2. The lowest BCUT2D eigenvalue weighted by molar-refractivity contribution is 0.102. The van der Waals surface area contributed by atoms with Crippen LogP contribution in [-0.2, 0) is 0 Å². The number of carbonyl (C=O) groups is 1. The molecule has 0 radical (unpaired) electrons. The molecule has 0 heterocycles. The number of amides is 1. The van der Waals surface area contributed by atoms with Crippen molar-refractivity contribution < 1.29 is 14.3 Å². The van der Waals surface area contributed by atoms with E-state index in [-0.39, 0.29) is 5.91 Å². The van der Waals surface area contributed by atoms with Gasteiger partial charge in [-0.25, -0.2) is 0 Å². The van der Waals surface area contributed by atoms with Crippen molar-refractivity contribution in [2.24, 2.45) is 0 Å². The number of hydrogen-bond acceptors (Lipinski definition) is 3. The Bertz CT molecular complexity index is 909. The minimum Gasteiger partial charge on any atom is -0.497 e. The predicted molar refractivity (Wildman–Crippen MR) is 104 cm³/mol. The Hall–Kier alpha value is -2.69. The number of anilines is 1. The lowest BCUT2D eigenvalue weighted by Gasteiger charge is -2.09. The van der Waals surface area contributed by atoms with E-state index in [0.29, 0.717) is 32.8 Å². The van der Waals surface area contributed by atoms with Gasteiger partial charge in [0, 0.05) is 11.3 Å². The van der Waals surface area contributed by atoms with Crippen molar-refractivity contribution in [3.63, 3.8) is 0 Å². The summed E-state index contributed by atoms with van der Waals surface area (Å²) in [4.78, 5) is 12.3. The molecule has 132 valence electrons. The van der Waals surface area contributed by atoms with E-state index >= 15 is 0 Å². The van der Waals surface area contributed by atoms with Crippen LogP contribution in [-0.4, -0.2) is 13.0 Å². The fourth-order valence-electron chi connectivity index (χ4n) is 2.23. The molecule has 0 bridgehead atoms. The summed E-state index contributed by atoms with van der Waals surface area (Å²) in [5.74, 6) is 1.81. The molecular weight excluding hydrogens is 373 g/mol. The summed E-state index contributed by atoms with van der Waals surface area (Å²) in [5, 5.41) is 3.59. The molecule has 0 spiro atoms. The van der Waals surface area contributed by atoms with Crippen molar-refractivity contribution in [3.05, 3.63) is 82.3 Å². The van der Waals surface area contributed by atoms with Gasteiger partial charge in [-0.3, -0.25) is 4.79 Å². The van der Waals surface area contributed by atoms with Gasteiger partial charge in [0.1, 0.15) is 17.2 Å². The van der Waals surface area contributed by atoms with E-state index in [4.69, 9.17) is 32.7 Å². The quantitative estimate of drug-likeness (QED) is 0.579. The van der Waals surface area contributed by atoms with Gasteiger partial charge in [0.2, 0.25) is 0 Å². The van der Waals surface area contributed by atoms with Gasteiger partial charge >= 0.3 is 0 Å². The number of ether oxygens (including phenoxy) is 2. The van der Waals surface area contributed by atoms with Crippen molar-refractivity contribution in [3.8, 4) is 17.2 Å². The molecular formula is C20H15Cl2NO3. The molecule has 0 aliphatic rings. The normalized spacial score (nSPS) is 10.3. The Morgan fingerprint density at radius 2 is 1.38 bits per heavy atom. The predicted octanol–water partition coefficient (Wildman–Crippen LogP) is 6.05. The summed E-state index contributed by atoms with van der Waals surface area (Å²) in [6, 6.07) is 19.0. The van der Waals surface area contributed by atoms with Gasteiger partial charge in [0.15, 0.2) is 0 Å². The first-order valence-corrected chi connectivity index (χ1v) is 8.49. The van der Waals surface area contributed by atoms with E-state index in [1.165, 1.54) is 0 Å². The largest absolute Gasteiger partial charge is 0.497 e. The first-order valence-electron chi connectivity index (χ1n) is 7.73. The van der Waals surface area contributed by atoms with Gasteiger partial charge in [-0.2, -0.15) is 0 Å². The second kappa shape index (κ2) is 8.13. The van der Waals surface area contributed by atoms with Crippen molar-refractivity contribution in [2.75, 3.05) is 12.4 Å². The van der Waals surface area contributed by atoms with Crippen LogP contribution in [0.2, 0.25) is 10.0 Å². The van der Waals surface area contributed by atoms with Crippen LogP contribution < -0.4 is 14.8 Å². The topological polar surface area (TPSA) is 47.6 Å². The maximum Gasteiger partial charge on any atom is 0.255 e. The molecule has 1 amide bonds. The Kier molecular flexibility index (Phi) is 5.66. The van der Waals surface area contributed by atoms with Crippen LogP contribution in [0.25, 0.3) is 0 Å². The van der Waals surface area contributed by atoms with Crippen LogP contribution in [0.3, 0.4) is 0 Å². The molecule has 0 fully saturated rings. The molecule has 0 saturated carbocycles. The van der Waals surface area contributed by atoms with Crippen LogP contribution in [0.4, 0.5) is 5.69 Å². The number of methoxy groups -OCH3 is 1. The Morgan fingerprint density at radius 3 is 1.96 bits per heavy atom. The second-order valence-electron chi connectivity index (χ2n) is 5.38. The van der Waals surface area contributed by atoms with Gasteiger partial charge in [-0.15, -0.1) is 0 Å². The van der Waals surface area contributed by atoms with E-state index in [1.807, 2.05) is 24.3 Å². The number of benzene rings is 3. The average Bonchev–Trinajstić information content (AvgIpc) is 2.66. The summed E-state index contributed by atoms with van der Waals surface area (Å²) >= 11 is 11.8. The van der Waals surface area contributed by atoms with E-state index in [1.54, 1.807) is 49.6 Å². The highest BCUT2D eigenvalue weighted by atomic mass is 35.5. The summed E-state index contributed by atoms with van der Waals surface area (Å²) < 4.78 is 10.8. The molecule has 0 aromatic heterocycles. The molecule has 3 rings (SSSR count). The minimum absolute atomic E-state index is 0.251. The highest BCUT2D eigenvalue weighted by Gasteiger charge is 2.08. The highest BCUT2D eigenvalue weighted by Crippen LogP contribution is 2.26. The molecule has 0 unspecified atom stereocenters. The Morgan fingerprint density at radius 1 is 0.808 bits per heavy atom. The summed E-state index contributed by atoms with van der Waals surface area (Å²) in [6.45, 7) is 0. The third-order valence-electron chi connectivity index (χ3n) is 3.59. The first-order chi connectivity index (χ1) is 12.5. The zero-order valence-corrected chi connectivity index (χ0v) is 15.3. The van der Waals surface area contributed by atoms with Crippen molar-refractivity contribution in [2.45, 2.75) is 0 Å². The maximum atomic E-state index is 12.3. The molecule has 0 atom stereocenters. The van der Waals surface area contributed by atoms with Crippen molar-refractivity contribution in [1.82, 2.24) is 0 Å². The second-order valence-corrected chi connectivity index (χ2v) is 6.20. The molecule has 4 nitrogen and oxygen atoms in total. The first kappa shape index (κ1) is 18.1. The van der Waals surface area contributed by atoms with Crippen molar-refractivity contribution >= 4 is 34.8 Å². The maximum absolute atomic E-state index is 12.3. The molecule has 0 saturated heterocycles. The Labute approximate surface area is 161 Å². The molecule has 0 aliphatic heterocycles. The van der Waals surface area contributed by atoms with Crippen molar-refractivity contribution in [1.29, 1.82) is 0 Å². The van der Waals surface area contributed by atoms with E-state index < -0.39 is 0 Å². The fourth-order valence-corrected chi connectivity index (χ4v) is 2.53. The summed E-state index contributed by atoms with van der Waals surface area (Å²) in [7, 11) is 1.61. The molecule has 26 heavy (non-hydrogen) atoms. The monoisotopic (exact) mass is 387 g/mol. The molecule has 0 aliphatic carbocycles. The third kappa shape index (κ3) is 4.48. The van der Waals surface area contributed by atoms with Gasteiger partial charge in [-0.05, 0) is 66.7 Å². The fraction of sp³-hybridized carbons (Fsp3) is 0.0500. The Balaban J connectivity index is 1.66. The summed E-state index contributed by atoms with van der Waals surface area (Å²) in [5.41, 5.74) is 1.07. The molecule has 3 aromatic carbocycles. The zero-order valence-electron chi connectivity index (χ0n) is 13.8. The van der Waals surface area contributed by atoms with Gasteiger partial charge < -0.3 is 14.8 Å². The smallest absolute Gasteiger partial charge is 0.255 e. The standard InChI is InChI=1S/C20H15Cl2NO3/c1-25-15-7-9-17(10-8-15)26-16-5-2-13(3-6-16)20(24)23-14-4-11-18(21)19(22)12-14/h2-12H,1H3,(H,23,24). The molecule has 6 heteroatoms. The van der Waals surface area contributed by atoms with Crippen LogP contribution >= 0.6 is 23.2 Å². The van der Waals surface area contributed by atoms with E-state index in [9.17, 15) is 4.79 Å². The van der Waals surface area contributed by atoms with Crippen LogP contribution in [0.15, 0.2) is 66.7 Å². The lowest BCUT2D eigenvalue weighted by Crippen LogP contribution is -2.11. The van der Waals surface area contributed by atoms with Crippen LogP contribution in [0.1, 0.15) is 10.4 Å². The third-order valence-corrected chi connectivity index (χ3v) is 4.33. The van der Waals surface area contributed by atoms with E-state index in [0.717, 1.165) is 5.75 Å². The van der Waals surface area contributed by atoms with Crippen LogP contribution in [0, 0.1) is 0 Å².